The number of carbonyl (C=O) groups is 3. The molecular formula is C28H26N2O6. The van der Waals surface area contributed by atoms with E-state index in [2.05, 4.69) is 10.6 Å². The van der Waals surface area contributed by atoms with Crippen LogP contribution in [0.1, 0.15) is 29.7 Å². The smallest absolute Gasteiger partial charge is 0.348 e. The Bertz CT molecular complexity index is 1220. The molecule has 0 saturated carbocycles. The summed E-state index contributed by atoms with van der Waals surface area (Å²) >= 11 is 0. The maximum Gasteiger partial charge on any atom is 0.348 e. The van der Waals surface area contributed by atoms with E-state index in [1.807, 2.05) is 6.07 Å². The Morgan fingerprint density at radius 2 is 1.39 bits per heavy atom. The number of benzene rings is 3. The molecule has 0 unspecified atom stereocenters. The third-order valence-corrected chi connectivity index (χ3v) is 5.81. The summed E-state index contributed by atoms with van der Waals surface area (Å²) in [6.07, 6.45) is 0. The van der Waals surface area contributed by atoms with E-state index in [1.165, 1.54) is 0 Å². The third kappa shape index (κ3) is 4.99. The molecule has 1 aliphatic heterocycles. The lowest BCUT2D eigenvalue weighted by molar-refractivity contribution is -0.161. The van der Waals surface area contributed by atoms with Gasteiger partial charge in [-0.25, -0.2) is 14.4 Å². The number of esters is 2. The first kappa shape index (κ1) is 24.7. The number of carbonyl (C=O) groups excluding carboxylic acids is 3. The molecule has 0 spiro atoms. The first-order valence-electron chi connectivity index (χ1n) is 11.5. The van der Waals surface area contributed by atoms with Crippen molar-refractivity contribution in [3.8, 4) is 0 Å². The van der Waals surface area contributed by atoms with Crippen molar-refractivity contribution in [3.05, 3.63) is 119 Å². The van der Waals surface area contributed by atoms with E-state index in [1.54, 1.807) is 91.9 Å². The molecule has 0 bridgehead atoms. The minimum atomic E-state index is -2.11. The number of urea groups is 1. The van der Waals surface area contributed by atoms with Crippen molar-refractivity contribution in [3.63, 3.8) is 0 Å². The number of amides is 2. The van der Waals surface area contributed by atoms with Gasteiger partial charge in [0.05, 0.1) is 23.9 Å². The fourth-order valence-electron chi connectivity index (χ4n) is 4.08. The quantitative estimate of drug-likeness (QED) is 0.421. The van der Waals surface area contributed by atoms with Crippen LogP contribution in [-0.2, 0) is 24.7 Å². The van der Waals surface area contributed by atoms with Gasteiger partial charge in [0.2, 0.25) is 5.60 Å². The van der Waals surface area contributed by atoms with Crippen LogP contribution in [0.3, 0.4) is 0 Å². The SMILES string of the molecule is CCOC(=O)C1=C(COC(=O)C(O)(c2ccccc2)c2ccccc2)NC(=O)N[C@H]1c1ccccc1. The molecule has 0 aliphatic carbocycles. The second-order valence-electron chi connectivity index (χ2n) is 8.07. The van der Waals surface area contributed by atoms with E-state index in [0.717, 1.165) is 0 Å². The van der Waals surface area contributed by atoms with Crippen LogP contribution < -0.4 is 10.6 Å². The molecule has 1 atom stereocenters. The first-order chi connectivity index (χ1) is 17.4. The van der Waals surface area contributed by atoms with Crippen LogP contribution in [0, 0.1) is 0 Å². The van der Waals surface area contributed by atoms with Gasteiger partial charge in [0.1, 0.15) is 6.61 Å². The van der Waals surface area contributed by atoms with E-state index in [9.17, 15) is 19.5 Å². The van der Waals surface area contributed by atoms with Crippen LogP contribution in [0.5, 0.6) is 0 Å². The predicted octanol–water partition coefficient (Wildman–Crippen LogP) is 3.34. The van der Waals surface area contributed by atoms with Crippen LogP contribution in [-0.4, -0.2) is 36.3 Å². The van der Waals surface area contributed by atoms with Gasteiger partial charge in [0, 0.05) is 0 Å². The zero-order chi connectivity index (χ0) is 25.5. The highest BCUT2D eigenvalue weighted by atomic mass is 16.6. The monoisotopic (exact) mass is 486 g/mol. The number of rotatable bonds is 8. The van der Waals surface area contributed by atoms with Crippen LogP contribution in [0.25, 0.3) is 0 Å². The summed E-state index contributed by atoms with van der Waals surface area (Å²) in [4.78, 5) is 38.8. The molecule has 0 fully saturated rings. The zero-order valence-corrected chi connectivity index (χ0v) is 19.6. The lowest BCUT2D eigenvalue weighted by Gasteiger charge is -2.30. The van der Waals surface area contributed by atoms with Gasteiger partial charge in [0.15, 0.2) is 0 Å². The predicted molar refractivity (Wildman–Crippen MR) is 131 cm³/mol. The Hall–Kier alpha value is -4.43. The molecule has 3 aromatic rings. The lowest BCUT2D eigenvalue weighted by Crippen LogP contribution is -2.47. The maximum atomic E-state index is 13.4. The average Bonchev–Trinajstić information content (AvgIpc) is 2.92. The van der Waals surface area contributed by atoms with Gasteiger partial charge in [-0.2, -0.15) is 0 Å². The number of nitrogens with one attached hydrogen (secondary N) is 2. The molecule has 2 amide bonds. The molecule has 1 aliphatic rings. The summed E-state index contributed by atoms with van der Waals surface area (Å²) in [6.45, 7) is 1.32. The highest BCUT2D eigenvalue weighted by Crippen LogP contribution is 2.32. The molecule has 0 saturated heterocycles. The standard InChI is InChI=1S/C28H26N2O6/c1-2-35-25(31)23-22(29-27(33)30-24(23)19-12-6-3-7-13-19)18-36-26(32)28(34,20-14-8-4-9-15-20)21-16-10-5-11-17-21/h3-17,24,34H,2,18H2,1H3,(H2,29,30,33)/t24-/m0/s1. The van der Waals surface area contributed by atoms with Crippen molar-refractivity contribution >= 4 is 18.0 Å². The van der Waals surface area contributed by atoms with Crippen molar-refractivity contribution < 1.29 is 29.0 Å². The largest absolute Gasteiger partial charge is 0.463 e. The summed E-state index contributed by atoms with van der Waals surface area (Å²) < 4.78 is 10.8. The molecule has 184 valence electrons. The van der Waals surface area contributed by atoms with Crippen molar-refractivity contribution in [1.82, 2.24) is 10.6 Å². The second-order valence-corrected chi connectivity index (χ2v) is 8.07. The maximum absolute atomic E-state index is 13.4. The van der Waals surface area contributed by atoms with E-state index in [-0.39, 0.29) is 17.9 Å². The van der Waals surface area contributed by atoms with Gasteiger partial charge in [-0.05, 0) is 23.6 Å². The molecule has 0 radical (unpaired) electrons. The normalized spacial score (nSPS) is 15.5. The molecular weight excluding hydrogens is 460 g/mol. The van der Waals surface area contributed by atoms with E-state index >= 15 is 0 Å². The number of ether oxygens (including phenoxy) is 2. The summed E-state index contributed by atoms with van der Waals surface area (Å²) in [7, 11) is 0. The average molecular weight is 487 g/mol. The van der Waals surface area contributed by atoms with Gasteiger partial charge in [0.25, 0.3) is 0 Å². The number of hydrogen-bond acceptors (Lipinski definition) is 6. The topological polar surface area (TPSA) is 114 Å². The minimum absolute atomic E-state index is 0.0721. The fourth-order valence-corrected chi connectivity index (χ4v) is 4.08. The molecule has 1 heterocycles. The Balaban J connectivity index is 1.70. The van der Waals surface area contributed by atoms with Crippen molar-refractivity contribution in [2.75, 3.05) is 13.2 Å². The van der Waals surface area contributed by atoms with Gasteiger partial charge >= 0.3 is 18.0 Å². The van der Waals surface area contributed by atoms with Crippen LogP contribution in [0.4, 0.5) is 4.79 Å². The molecule has 8 nitrogen and oxygen atoms in total. The molecule has 4 rings (SSSR count). The summed E-state index contributed by atoms with van der Waals surface area (Å²) in [6, 6.07) is 24.4. The Morgan fingerprint density at radius 1 is 0.861 bits per heavy atom. The van der Waals surface area contributed by atoms with Crippen molar-refractivity contribution in [1.29, 1.82) is 0 Å². The summed E-state index contributed by atoms with van der Waals surface area (Å²) in [5.74, 6) is -1.62. The summed E-state index contributed by atoms with van der Waals surface area (Å²) in [5.41, 5.74) is -0.636. The molecule has 36 heavy (non-hydrogen) atoms. The second kappa shape index (κ2) is 10.9. The minimum Gasteiger partial charge on any atom is -0.463 e. The highest BCUT2D eigenvalue weighted by molar-refractivity contribution is 5.95. The van der Waals surface area contributed by atoms with Crippen LogP contribution >= 0.6 is 0 Å². The fraction of sp³-hybridized carbons (Fsp3) is 0.179. The van der Waals surface area contributed by atoms with Gasteiger partial charge in [-0.15, -0.1) is 0 Å². The van der Waals surface area contributed by atoms with Crippen LogP contribution in [0.15, 0.2) is 102 Å². The Morgan fingerprint density at radius 3 is 1.92 bits per heavy atom. The molecule has 3 N–H and O–H groups in total. The van der Waals surface area contributed by atoms with Crippen molar-refractivity contribution in [2.24, 2.45) is 0 Å². The molecule has 8 heteroatoms. The van der Waals surface area contributed by atoms with Crippen molar-refractivity contribution in [2.45, 2.75) is 18.6 Å². The molecule has 3 aromatic carbocycles. The Labute approximate surface area is 208 Å². The molecule has 0 aromatic heterocycles. The van der Waals surface area contributed by atoms with E-state index < -0.39 is 36.2 Å². The lowest BCUT2D eigenvalue weighted by atomic mass is 9.86. The first-order valence-corrected chi connectivity index (χ1v) is 11.5. The Kier molecular flexibility index (Phi) is 7.46. The summed E-state index contributed by atoms with van der Waals surface area (Å²) in [5, 5.41) is 16.9. The number of aliphatic hydroxyl groups is 1. The highest BCUT2D eigenvalue weighted by Gasteiger charge is 2.42. The van der Waals surface area contributed by atoms with Gasteiger partial charge in [-0.1, -0.05) is 91.0 Å². The van der Waals surface area contributed by atoms with Gasteiger partial charge < -0.3 is 25.2 Å². The van der Waals surface area contributed by atoms with E-state index in [0.29, 0.717) is 16.7 Å². The van der Waals surface area contributed by atoms with E-state index in [4.69, 9.17) is 9.47 Å². The number of hydrogen-bond donors (Lipinski definition) is 3. The van der Waals surface area contributed by atoms with Gasteiger partial charge in [-0.3, -0.25) is 0 Å². The third-order valence-electron chi connectivity index (χ3n) is 5.81. The zero-order valence-electron chi connectivity index (χ0n) is 19.6. The van der Waals surface area contributed by atoms with Crippen LogP contribution in [0.2, 0.25) is 0 Å².